The highest BCUT2D eigenvalue weighted by Crippen LogP contribution is 2.37. The summed E-state index contributed by atoms with van der Waals surface area (Å²) in [5.74, 6) is 0.463. The van der Waals surface area contributed by atoms with Crippen molar-refractivity contribution in [3.8, 4) is 5.88 Å². The van der Waals surface area contributed by atoms with E-state index in [1.165, 1.54) is 6.33 Å². The van der Waals surface area contributed by atoms with Gasteiger partial charge in [-0.1, -0.05) is 23.8 Å². The molecule has 112 valence electrons. The maximum atomic E-state index is 10.1. The van der Waals surface area contributed by atoms with Crippen molar-refractivity contribution in [3.05, 3.63) is 54.4 Å². The minimum atomic E-state index is -0.00675. The minimum Gasteiger partial charge on any atom is -0.493 e. The van der Waals surface area contributed by atoms with Crippen LogP contribution in [-0.4, -0.2) is 20.1 Å². The number of para-hydroxylation sites is 1. The first-order chi connectivity index (χ1) is 11.2. The van der Waals surface area contributed by atoms with E-state index < -0.39 is 0 Å². The molecule has 23 heavy (non-hydrogen) atoms. The average molecular weight is 303 g/mol. The lowest BCUT2D eigenvalue weighted by Gasteiger charge is -1.98. The lowest BCUT2D eigenvalue weighted by Crippen LogP contribution is -1.81. The number of aromatic amines is 1. The topological polar surface area (TPSA) is 86.5 Å². The van der Waals surface area contributed by atoms with Crippen LogP contribution in [0.1, 0.15) is 5.56 Å². The van der Waals surface area contributed by atoms with E-state index in [4.69, 9.17) is 0 Å². The number of hydrogen-bond donors (Lipinski definition) is 2. The first-order valence-electron chi connectivity index (χ1n) is 7.15. The van der Waals surface area contributed by atoms with Crippen molar-refractivity contribution in [2.75, 3.05) is 0 Å². The second kappa shape index (κ2) is 5.17. The summed E-state index contributed by atoms with van der Waals surface area (Å²) >= 11 is 0. The van der Waals surface area contributed by atoms with E-state index in [0.717, 1.165) is 27.4 Å². The van der Waals surface area contributed by atoms with Crippen LogP contribution in [0, 0.1) is 6.92 Å². The number of aromatic hydroxyl groups is 1. The molecule has 0 aliphatic rings. The van der Waals surface area contributed by atoms with Gasteiger partial charge in [-0.05, 0) is 31.2 Å². The number of aryl methyl sites for hydroxylation is 1. The molecule has 0 saturated carbocycles. The molecule has 0 saturated heterocycles. The Labute approximate surface area is 131 Å². The smallest absolute Gasteiger partial charge is 0.218 e. The molecule has 0 aliphatic heterocycles. The molecular weight excluding hydrogens is 290 g/mol. The predicted octanol–water partition coefficient (Wildman–Crippen LogP) is 4.54. The summed E-state index contributed by atoms with van der Waals surface area (Å²) in [6, 6.07) is 13.4. The molecule has 2 N–H and O–H groups in total. The van der Waals surface area contributed by atoms with Crippen molar-refractivity contribution in [1.29, 1.82) is 0 Å². The summed E-state index contributed by atoms with van der Waals surface area (Å²) in [5, 5.41) is 20.1. The number of aromatic nitrogens is 3. The van der Waals surface area contributed by atoms with Gasteiger partial charge in [0.25, 0.3) is 0 Å². The number of rotatable bonds is 2. The van der Waals surface area contributed by atoms with Crippen molar-refractivity contribution < 1.29 is 5.11 Å². The Morgan fingerprint density at radius 2 is 1.87 bits per heavy atom. The molecular formula is C17H13N5O. The number of azo groups is 1. The predicted molar refractivity (Wildman–Crippen MR) is 88.4 cm³/mol. The number of H-pyrrole nitrogens is 1. The SMILES string of the molecule is Cc1ccc2[nH]c(O)c(N=Nc3ncnc4ccccc34)c2c1. The molecule has 6 nitrogen and oxygen atoms in total. The fraction of sp³-hybridized carbons (Fsp3) is 0.0588. The van der Waals surface area contributed by atoms with Gasteiger partial charge in [0.1, 0.15) is 6.33 Å². The van der Waals surface area contributed by atoms with Crippen LogP contribution >= 0.6 is 0 Å². The zero-order valence-electron chi connectivity index (χ0n) is 12.4. The van der Waals surface area contributed by atoms with E-state index in [1.54, 1.807) is 0 Å². The normalized spacial score (nSPS) is 11.7. The molecule has 0 bridgehead atoms. The van der Waals surface area contributed by atoms with Crippen LogP contribution in [0.25, 0.3) is 21.8 Å². The third-order valence-corrected chi connectivity index (χ3v) is 3.67. The molecule has 0 radical (unpaired) electrons. The van der Waals surface area contributed by atoms with Gasteiger partial charge >= 0.3 is 0 Å². The summed E-state index contributed by atoms with van der Waals surface area (Å²) in [5.41, 5.74) is 3.11. The second-order valence-electron chi connectivity index (χ2n) is 5.29. The molecule has 2 heterocycles. The Balaban J connectivity index is 1.85. The number of nitrogens with one attached hydrogen (secondary N) is 1. The molecule has 0 unspecified atom stereocenters. The average Bonchev–Trinajstić information content (AvgIpc) is 2.87. The molecule has 0 fully saturated rings. The van der Waals surface area contributed by atoms with Crippen LogP contribution < -0.4 is 0 Å². The van der Waals surface area contributed by atoms with Crippen molar-refractivity contribution in [2.45, 2.75) is 6.92 Å². The van der Waals surface area contributed by atoms with E-state index in [-0.39, 0.29) is 5.88 Å². The molecule has 0 aliphatic carbocycles. The lowest BCUT2D eigenvalue weighted by molar-refractivity contribution is 0.459. The van der Waals surface area contributed by atoms with Gasteiger partial charge in [0.15, 0.2) is 11.5 Å². The second-order valence-corrected chi connectivity index (χ2v) is 5.29. The summed E-state index contributed by atoms with van der Waals surface area (Å²) < 4.78 is 0. The molecule has 4 aromatic rings. The maximum absolute atomic E-state index is 10.1. The fourth-order valence-electron chi connectivity index (χ4n) is 2.55. The Morgan fingerprint density at radius 1 is 1.00 bits per heavy atom. The molecule has 2 aromatic heterocycles. The van der Waals surface area contributed by atoms with Crippen molar-refractivity contribution in [2.24, 2.45) is 10.2 Å². The highest BCUT2D eigenvalue weighted by molar-refractivity contribution is 5.94. The highest BCUT2D eigenvalue weighted by atomic mass is 16.3. The van der Waals surface area contributed by atoms with Gasteiger partial charge in [-0.2, -0.15) is 0 Å². The molecule has 4 rings (SSSR count). The third-order valence-electron chi connectivity index (χ3n) is 3.67. The first-order valence-corrected chi connectivity index (χ1v) is 7.15. The molecule has 6 heteroatoms. The third kappa shape index (κ3) is 2.30. The fourth-order valence-corrected chi connectivity index (χ4v) is 2.55. The number of fused-ring (bicyclic) bond motifs is 2. The first kappa shape index (κ1) is 13.4. The number of benzene rings is 2. The van der Waals surface area contributed by atoms with Crippen LogP contribution in [-0.2, 0) is 0 Å². The van der Waals surface area contributed by atoms with Crippen LogP contribution in [0.5, 0.6) is 5.88 Å². The van der Waals surface area contributed by atoms with Gasteiger partial charge in [-0.25, -0.2) is 9.97 Å². The van der Waals surface area contributed by atoms with Crippen LogP contribution in [0.2, 0.25) is 0 Å². The van der Waals surface area contributed by atoms with Crippen molar-refractivity contribution in [3.63, 3.8) is 0 Å². The number of nitrogens with zero attached hydrogens (tertiary/aromatic N) is 4. The van der Waals surface area contributed by atoms with E-state index in [0.29, 0.717) is 11.5 Å². The quantitative estimate of drug-likeness (QED) is 0.533. The van der Waals surface area contributed by atoms with Gasteiger partial charge in [-0.3, -0.25) is 0 Å². The van der Waals surface area contributed by atoms with Gasteiger partial charge in [0.05, 0.1) is 11.0 Å². The Morgan fingerprint density at radius 3 is 2.78 bits per heavy atom. The molecule has 0 spiro atoms. The lowest BCUT2D eigenvalue weighted by atomic mass is 10.1. The monoisotopic (exact) mass is 303 g/mol. The van der Waals surface area contributed by atoms with E-state index >= 15 is 0 Å². The summed E-state index contributed by atoms with van der Waals surface area (Å²) in [4.78, 5) is 11.3. The number of hydrogen-bond acceptors (Lipinski definition) is 5. The van der Waals surface area contributed by atoms with Crippen LogP contribution in [0.4, 0.5) is 11.5 Å². The van der Waals surface area contributed by atoms with E-state index in [9.17, 15) is 5.11 Å². The Bertz CT molecular complexity index is 1050. The van der Waals surface area contributed by atoms with Gasteiger partial charge in [0.2, 0.25) is 5.88 Å². The standard InChI is InChI=1S/C17H13N5O/c1-10-6-7-14-12(8-10)15(17(23)20-14)21-22-16-11-4-2-3-5-13(11)18-9-19-16/h2-9,20,23H,1H3. The van der Waals surface area contributed by atoms with Crippen LogP contribution in [0.15, 0.2) is 59.0 Å². The summed E-state index contributed by atoms with van der Waals surface area (Å²) in [6.45, 7) is 1.99. The van der Waals surface area contributed by atoms with E-state index in [1.807, 2.05) is 49.4 Å². The minimum absolute atomic E-state index is 0.00675. The summed E-state index contributed by atoms with van der Waals surface area (Å²) in [6.07, 6.45) is 1.45. The largest absolute Gasteiger partial charge is 0.493 e. The Hall–Kier alpha value is -3.28. The van der Waals surface area contributed by atoms with Crippen molar-refractivity contribution >= 4 is 33.3 Å². The zero-order valence-corrected chi connectivity index (χ0v) is 12.4. The Kier molecular flexibility index (Phi) is 3.01. The molecule has 0 atom stereocenters. The molecule has 0 amide bonds. The van der Waals surface area contributed by atoms with E-state index in [2.05, 4.69) is 25.2 Å². The van der Waals surface area contributed by atoms with Crippen molar-refractivity contribution in [1.82, 2.24) is 15.0 Å². The highest BCUT2D eigenvalue weighted by Gasteiger charge is 2.11. The maximum Gasteiger partial charge on any atom is 0.218 e. The summed E-state index contributed by atoms with van der Waals surface area (Å²) in [7, 11) is 0. The van der Waals surface area contributed by atoms with Gasteiger partial charge < -0.3 is 10.1 Å². The van der Waals surface area contributed by atoms with Gasteiger partial charge in [-0.15, -0.1) is 10.2 Å². The van der Waals surface area contributed by atoms with Gasteiger partial charge in [0, 0.05) is 10.8 Å². The zero-order chi connectivity index (χ0) is 15.8. The van der Waals surface area contributed by atoms with Crippen LogP contribution in [0.3, 0.4) is 0 Å². The molecule has 2 aromatic carbocycles.